The second kappa shape index (κ2) is 5.83. The van der Waals surface area contributed by atoms with Gasteiger partial charge in [0, 0.05) is 4.47 Å². The van der Waals surface area contributed by atoms with Crippen LogP contribution in [0.3, 0.4) is 0 Å². The molecule has 118 valence electrons. The van der Waals surface area contributed by atoms with Crippen molar-refractivity contribution in [2.24, 2.45) is 0 Å². The first-order valence-electron chi connectivity index (χ1n) is 5.79. The topological polar surface area (TPSA) is 9.23 Å². The van der Waals surface area contributed by atoms with Crippen LogP contribution in [0.4, 0.5) is 26.3 Å². The van der Waals surface area contributed by atoms with E-state index in [4.69, 9.17) is 0 Å². The predicted octanol–water partition coefficient (Wildman–Crippen LogP) is 6.03. The minimum atomic E-state index is -4.91. The van der Waals surface area contributed by atoms with E-state index in [0.29, 0.717) is 0 Å². The summed E-state index contributed by atoms with van der Waals surface area (Å²) >= 11 is 2.94. The van der Waals surface area contributed by atoms with Gasteiger partial charge in [0.2, 0.25) is 0 Å². The van der Waals surface area contributed by atoms with Crippen LogP contribution in [0.25, 0.3) is 11.1 Å². The van der Waals surface area contributed by atoms with Crippen LogP contribution < -0.4 is 4.74 Å². The first-order chi connectivity index (χ1) is 10.1. The molecule has 0 spiro atoms. The molecule has 0 bridgehead atoms. The summed E-state index contributed by atoms with van der Waals surface area (Å²) in [5.74, 6) is -0.582. The van der Waals surface area contributed by atoms with Gasteiger partial charge < -0.3 is 4.74 Å². The molecule has 2 aromatic carbocycles. The number of halogens is 7. The van der Waals surface area contributed by atoms with Crippen LogP contribution in [0.1, 0.15) is 5.56 Å². The molecule has 0 aliphatic heterocycles. The summed E-state index contributed by atoms with van der Waals surface area (Å²) in [4.78, 5) is 0. The van der Waals surface area contributed by atoms with Crippen LogP contribution in [0.15, 0.2) is 46.9 Å². The molecule has 0 atom stereocenters. The fourth-order valence-electron chi connectivity index (χ4n) is 1.86. The van der Waals surface area contributed by atoms with Gasteiger partial charge in [-0.1, -0.05) is 34.1 Å². The molecule has 0 aliphatic carbocycles. The quantitative estimate of drug-likeness (QED) is 0.574. The third-order valence-corrected chi connectivity index (χ3v) is 3.16. The Hall–Kier alpha value is -1.70. The van der Waals surface area contributed by atoms with Gasteiger partial charge in [0.05, 0.1) is 5.56 Å². The van der Waals surface area contributed by atoms with Crippen LogP contribution >= 0.6 is 15.9 Å². The van der Waals surface area contributed by atoms with Gasteiger partial charge in [-0.2, -0.15) is 13.2 Å². The number of ether oxygens (including phenoxy) is 1. The zero-order valence-electron chi connectivity index (χ0n) is 10.6. The monoisotopic (exact) mass is 384 g/mol. The average molecular weight is 385 g/mol. The highest BCUT2D eigenvalue weighted by Gasteiger charge is 2.34. The SMILES string of the molecule is FC(F)(F)Oc1cccc(-c2ccc(Br)cc2C(F)(F)F)c1. The number of rotatable bonds is 2. The van der Waals surface area contributed by atoms with Crippen molar-refractivity contribution in [2.45, 2.75) is 12.5 Å². The molecular weight excluding hydrogens is 378 g/mol. The maximum Gasteiger partial charge on any atom is 0.573 e. The van der Waals surface area contributed by atoms with E-state index in [0.717, 1.165) is 18.2 Å². The highest BCUT2D eigenvalue weighted by molar-refractivity contribution is 9.10. The fourth-order valence-corrected chi connectivity index (χ4v) is 2.22. The van der Waals surface area contributed by atoms with E-state index < -0.39 is 23.9 Å². The molecular formula is C14H7BrF6O. The lowest BCUT2D eigenvalue weighted by Gasteiger charge is -2.15. The van der Waals surface area contributed by atoms with Gasteiger partial charge in [-0.3, -0.25) is 0 Å². The van der Waals surface area contributed by atoms with E-state index in [1.165, 1.54) is 24.3 Å². The van der Waals surface area contributed by atoms with E-state index in [9.17, 15) is 26.3 Å². The van der Waals surface area contributed by atoms with Gasteiger partial charge in [0.1, 0.15) is 5.75 Å². The van der Waals surface area contributed by atoms with Crippen molar-refractivity contribution in [3.05, 3.63) is 52.5 Å². The van der Waals surface area contributed by atoms with Gasteiger partial charge in [-0.25, -0.2) is 0 Å². The summed E-state index contributed by atoms with van der Waals surface area (Å²) in [7, 11) is 0. The lowest BCUT2D eigenvalue weighted by molar-refractivity contribution is -0.274. The maximum absolute atomic E-state index is 13.1. The smallest absolute Gasteiger partial charge is 0.406 e. The molecule has 0 saturated carbocycles. The van der Waals surface area contributed by atoms with Crippen molar-refractivity contribution < 1.29 is 31.1 Å². The lowest BCUT2D eigenvalue weighted by Crippen LogP contribution is -2.17. The summed E-state index contributed by atoms with van der Waals surface area (Å²) in [6.45, 7) is 0. The molecule has 0 radical (unpaired) electrons. The Morgan fingerprint density at radius 2 is 1.55 bits per heavy atom. The van der Waals surface area contributed by atoms with E-state index in [1.54, 1.807) is 0 Å². The Morgan fingerprint density at radius 3 is 2.14 bits per heavy atom. The third-order valence-electron chi connectivity index (χ3n) is 2.67. The second-order valence-electron chi connectivity index (χ2n) is 4.26. The van der Waals surface area contributed by atoms with Crippen LogP contribution in [0.2, 0.25) is 0 Å². The molecule has 0 amide bonds. The number of hydrogen-bond donors (Lipinski definition) is 0. The number of benzene rings is 2. The predicted molar refractivity (Wildman–Crippen MR) is 71.3 cm³/mol. The Labute approximate surface area is 129 Å². The van der Waals surface area contributed by atoms with Gasteiger partial charge in [-0.05, 0) is 35.4 Å². The summed E-state index contributed by atoms with van der Waals surface area (Å²) in [5.41, 5.74) is -1.21. The highest BCUT2D eigenvalue weighted by atomic mass is 79.9. The summed E-state index contributed by atoms with van der Waals surface area (Å²) in [6.07, 6.45) is -9.55. The molecule has 0 N–H and O–H groups in total. The van der Waals surface area contributed by atoms with E-state index in [2.05, 4.69) is 20.7 Å². The first kappa shape index (κ1) is 16.7. The van der Waals surface area contributed by atoms with Crippen molar-refractivity contribution >= 4 is 15.9 Å². The van der Waals surface area contributed by atoms with Crippen molar-refractivity contribution in [1.82, 2.24) is 0 Å². The summed E-state index contributed by atoms with van der Waals surface area (Å²) in [6, 6.07) is 7.82. The third kappa shape index (κ3) is 4.16. The summed E-state index contributed by atoms with van der Waals surface area (Å²) < 4.78 is 79.7. The lowest BCUT2D eigenvalue weighted by atomic mass is 9.99. The molecule has 2 aromatic rings. The Kier molecular flexibility index (Phi) is 4.42. The molecule has 0 heterocycles. The van der Waals surface area contributed by atoms with Crippen LogP contribution in [0.5, 0.6) is 5.75 Å². The zero-order valence-corrected chi connectivity index (χ0v) is 12.2. The molecule has 0 unspecified atom stereocenters. The van der Waals surface area contributed by atoms with E-state index >= 15 is 0 Å². The van der Waals surface area contributed by atoms with Gasteiger partial charge >= 0.3 is 12.5 Å². The largest absolute Gasteiger partial charge is 0.573 e. The normalized spacial score (nSPS) is 12.3. The maximum atomic E-state index is 13.1. The zero-order chi connectivity index (χ0) is 16.5. The number of alkyl halides is 6. The average Bonchev–Trinajstić information content (AvgIpc) is 2.36. The molecule has 22 heavy (non-hydrogen) atoms. The molecule has 0 fully saturated rings. The Bertz CT molecular complexity index is 678. The standard InChI is InChI=1S/C14H7BrF6O/c15-9-4-5-11(12(7-9)13(16,17)18)8-2-1-3-10(6-8)22-14(19,20)21/h1-7H. The summed E-state index contributed by atoms with van der Waals surface area (Å²) in [5, 5.41) is 0. The van der Waals surface area contributed by atoms with E-state index in [1.807, 2.05) is 0 Å². The van der Waals surface area contributed by atoms with Gasteiger partial charge in [0.15, 0.2) is 0 Å². The molecule has 1 nitrogen and oxygen atoms in total. The minimum absolute atomic E-state index is 0.0263. The molecule has 0 aliphatic rings. The van der Waals surface area contributed by atoms with Crippen molar-refractivity contribution in [3.63, 3.8) is 0 Å². The fraction of sp³-hybridized carbons (Fsp3) is 0.143. The van der Waals surface area contributed by atoms with Crippen LogP contribution in [-0.4, -0.2) is 6.36 Å². The van der Waals surface area contributed by atoms with E-state index in [-0.39, 0.29) is 15.6 Å². The Balaban J connectivity index is 2.51. The van der Waals surface area contributed by atoms with Crippen LogP contribution in [0, 0.1) is 0 Å². The van der Waals surface area contributed by atoms with Gasteiger partial charge in [-0.15, -0.1) is 13.2 Å². The van der Waals surface area contributed by atoms with Crippen LogP contribution in [-0.2, 0) is 6.18 Å². The van der Waals surface area contributed by atoms with Crippen molar-refractivity contribution in [3.8, 4) is 16.9 Å². The van der Waals surface area contributed by atoms with Gasteiger partial charge in [0.25, 0.3) is 0 Å². The highest BCUT2D eigenvalue weighted by Crippen LogP contribution is 2.39. The minimum Gasteiger partial charge on any atom is -0.406 e. The first-order valence-corrected chi connectivity index (χ1v) is 6.58. The number of hydrogen-bond acceptors (Lipinski definition) is 1. The Morgan fingerprint density at radius 1 is 0.864 bits per heavy atom. The van der Waals surface area contributed by atoms with Crippen molar-refractivity contribution in [1.29, 1.82) is 0 Å². The molecule has 0 saturated heterocycles. The second-order valence-corrected chi connectivity index (χ2v) is 5.18. The molecule has 2 rings (SSSR count). The van der Waals surface area contributed by atoms with Crippen molar-refractivity contribution in [2.75, 3.05) is 0 Å². The molecule has 0 aromatic heterocycles. The molecule has 8 heteroatoms.